The van der Waals surface area contributed by atoms with Gasteiger partial charge in [-0.15, -0.1) is 0 Å². The summed E-state index contributed by atoms with van der Waals surface area (Å²) in [6, 6.07) is 14.1. The van der Waals surface area contributed by atoms with Gasteiger partial charge in [0.2, 0.25) is 0 Å². The fraction of sp³-hybridized carbons (Fsp3) is 0.379. The number of halogens is 1. The minimum Gasteiger partial charge on any atom is -0.458 e. The second-order valence-electron chi connectivity index (χ2n) is 10.1. The molecule has 36 heavy (non-hydrogen) atoms. The zero-order valence-corrected chi connectivity index (χ0v) is 20.8. The molecule has 7 heteroatoms. The molecule has 6 nitrogen and oxygen atoms in total. The third-order valence-corrected chi connectivity index (χ3v) is 6.69. The predicted molar refractivity (Wildman–Crippen MR) is 136 cm³/mol. The molecular weight excluding hydrogens is 461 g/mol. The second kappa shape index (κ2) is 10.7. The van der Waals surface area contributed by atoms with E-state index in [0.717, 1.165) is 16.7 Å². The van der Waals surface area contributed by atoms with Gasteiger partial charge in [-0.1, -0.05) is 44.2 Å². The van der Waals surface area contributed by atoms with Crippen molar-refractivity contribution in [3.05, 3.63) is 83.2 Å². The second-order valence-corrected chi connectivity index (χ2v) is 10.1. The molecule has 3 atom stereocenters. The number of hydrogen-bond acceptors (Lipinski definition) is 5. The smallest absolute Gasteiger partial charge is 0.411 e. The van der Waals surface area contributed by atoms with E-state index < -0.39 is 35.8 Å². The third-order valence-electron chi connectivity index (χ3n) is 6.69. The number of para-hydroxylation sites is 1. The van der Waals surface area contributed by atoms with Crippen molar-refractivity contribution in [3.63, 3.8) is 0 Å². The summed E-state index contributed by atoms with van der Waals surface area (Å²) in [4.78, 5) is 24.4. The molecule has 1 fully saturated rings. The number of ether oxygens (including phenoxy) is 2. The maximum atomic E-state index is 14.1. The van der Waals surface area contributed by atoms with Gasteiger partial charge in [-0.05, 0) is 71.4 Å². The van der Waals surface area contributed by atoms with Gasteiger partial charge in [-0.2, -0.15) is 0 Å². The SMILES string of the molecule is Cc1cc(C2=C(C=C[C@H]3C[C@H](O)CC(=O)O3)C(C)(C)CC(OC(=O)Nc3ccccc3)C2)ccc1F. The van der Waals surface area contributed by atoms with Gasteiger partial charge in [0.25, 0.3) is 0 Å². The van der Waals surface area contributed by atoms with E-state index in [4.69, 9.17) is 9.47 Å². The Labute approximate surface area is 210 Å². The number of rotatable bonds is 5. The van der Waals surface area contributed by atoms with Gasteiger partial charge in [0, 0.05) is 18.5 Å². The van der Waals surface area contributed by atoms with Crippen LogP contribution in [-0.2, 0) is 14.3 Å². The molecule has 1 aliphatic heterocycles. The van der Waals surface area contributed by atoms with Gasteiger partial charge in [0.05, 0.1) is 12.5 Å². The van der Waals surface area contributed by atoms with Crippen LogP contribution >= 0.6 is 0 Å². The molecule has 1 aliphatic carbocycles. The highest BCUT2D eigenvalue weighted by Gasteiger charge is 2.37. The molecule has 0 bridgehead atoms. The Morgan fingerprint density at radius 3 is 2.64 bits per heavy atom. The minimum atomic E-state index is -0.727. The maximum absolute atomic E-state index is 14.1. The summed E-state index contributed by atoms with van der Waals surface area (Å²) in [5.74, 6) is -0.711. The number of amides is 1. The Morgan fingerprint density at radius 2 is 1.94 bits per heavy atom. The standard InChI is InChI=1S/C29H32FNO5/c1-18-13-19(9-12-26(18)30)24-16-23(36-28(34)31-20-7-5-4-6-8-20)17-29(2,3)25(24)11-10-22-14-21(32)15-27(33)35-22/h4-13,21-23,32H,14-17H2,1-3H3,(H,31,34)/t21-,22-,23?/m0/s1. The lowest BCUT2D eigenvalue weighted by atomic mass is 9.69. The molecule has 2 N–H and O–H groups in total. The lowest BCUT2D eigenvalue weighted by molar-refractivity contribution is -0.156. The monoisotopic (exact) mass is 493 g/mol. The number of aliphatic hydroxyl groups excluding tert-OH is 1. The van der Waals surface area contributed by atoms with Gasteiger partial charge < -0.3 is 14.6 Å². The van der Waals surface area contributed by atoms with Crippen molar-refractivity contribution in [3.8, 4) is 0 Å². The normalized spacial score (nSPS) is 23.9. The van der Waals surface area contributed by atoms with Crippen LogP contribution in [0.3, 0.4) is 0 Å². The van der Waals surface area contributed by atoms with Crippen molar-refractivity contribution in [2.75, 3.05) is 5.32 Å². The molecule has 2 aliphatic rings. The van der Waals surface area contributed by atoms with Crippen LogP contribution in [0.25, 0.3) is 5.57 Å². The number of carbonyl (C=O) groups excluding carboxylic acids is 2. The van der Waals surface area contributed by atoms with E-state index in [1.54, 1.807) is 37.3 Å². The number of esters is 1. The number of anilines is 1. The van der Waals surface area contributed by atoms with Gasteiger partial charge in [0.1, 0.15) is 18.0 Å². The first-order chi connectivity index (χ1) is 17.1. The molecule has 2 aromatic rings. The van der Waals surface area contributed by atoms with Crippen LogP contribution in [0, 0.1) is 18.2 Å². The molecule has 1 unspecified atom stereocenters. The minimum absolute atomic E-state index is 0.00268. The summed E-state index contributed by atoms with van der Waals surface area (Å²) >= 11 is 0. The maximum Gasteiger partial charge on any atom is 0.411 e. The molecule has 190 valence electrons. The number of carbonyl (C=O) groups is 2. The molecule has 0 aromatic heterocycles. The molecular formula is C29H32FNO5. The number of aryl methyl sites for hydroxylation is 1. The lowest BCUT2D eigenvalue weighted by Crippen LogP contribution is -2.34. The molecule has 4 rings (SSSR count). The predicted octanol–water partition coefficient (Wildman–Crippen LogP) is 5.95. The number of hydrogen-bond donors (Lipinski definition) is 2. The Morgan fingerprint density at radius 1 is 1.19 bits per heavy atom. The topological polar surface area (TPSA) is 84.9 Å². The van der Waals surface area contributed by atoms with Crippen molar-refractivity contribution in [1.29, 1.82) is 0 Å². The van der Waals surface area contributed by atoms with E-state index in [-0.39, 0.29) is 12.2 Å². The quantitative estimate of drug-likeness (QED) is 0.503. The fourth-order valence-electron chi connectivity index (χ4n) is 4.96. The van der Waals surface area contributed by atoms with Crippen LogP contribution < -0.4 is 5.32 Å². The summed E-state index contributed by atoms with van der Waals surface area (Å²) in [5.41, 5.74) is 3.55. The fourth-order valence-corrected chi connectivity index (χ4v) is 4.96. The average Bonchev–Trinajstić information content (AvgIpc) is 2.79. The zero-order valence-electron chi connectivity index (χ0n) is 20.8. The van der Waals surface area contributed by atoms with E-state index in [1.165, 1.54) is 6.07 Å². The summed E-state index contributed by atoms with van der Waals surface area (Å²) in [7, 11) is 0. The van der Waals surface area contributed by atoms with Gasteiger partial charge in [0.15, 0.2) is 0 Å². The largest absolute Gasteiger partial charge is 0.458 e. The van der Waals surface area contributed by atoms with E-state index in [2.05, 4.69) is 19.2 Å². The average molecular weight is 494 g/mol. The summed E-state index contributed by atoms with van der Waals surface area (Å²) < 4.78 is 25.3. The molecule has 1 heterocycles. The van der Waals surface area contributed by atoms with Crippen molar-refractivity contribution in [2.45, 2.75) is 64.8 Å². The highest BCUT2D eigenvalue weighted by Crippen LogP contribution is 2.46. The van der Waals surface area contributed by atoms with Crippen LogP contribution in [0.2, 0.25) is 0 Å². The van der Waals surface area contributed by atoms with E-state index in [1.807, 2.05) is 24.3 Å². The van der Waals surface area contributed by atoms with Crippen molar-refractivity contribution < 1.29 is 28.6 Å². The van der Waals surface area contributed by atoms with Crippen molar-refractivity contribution in [1.82, 2.24) is 0 Å². The molecule has 1 amide bonds. The van der Waals surface area contributed by atoms with Gasteiger partial charge >= 0.3 is 12.1 Å². The van der Waals surface area contributed by atoms with Crippen LogP contribution in [0.1, 0.15) is 50.7 Å². The Bertz CT molecular complexity index is 1190. The number of aliphatic hydroxyl groups is 1. The highest BCUT2D eigenvalue weighted by molar-refractivity contribution is 5.85. The summed E-state index contributed by atoms with van der Waals surface area (Å²) in [5, 5.41) is 12.7. The zero-order chi connectivity index (χ0) is 25.9. The highest BCUT2D eigenvalue weighted by atomic mass is 19.1. The van der Waals surface area contributed by atoms with E-state index >= 15 is 0 Å². The third kappa shape index (κ3) is 6.21. The summed E-state index contributed by atoms with van der Waals surface area (Å²) in [6.45, 7) is 5.85. The van der Waals surface area contributed by atoms with E-state index in [0.29, 0.717) is 30.5 Å². The Balaban J connectivity index is 1.63. The van der Waals surface area contributed by atoms with Gasteiger partial charge in [-0.3, -0.25) is 10.1 Å². The first-order valence-corrected chi connectivity index (χ1v) is 12.2. The molecule has 0 radical (unpaired) electrons. The Hall–Kier alpha value is -3.45. The number of allylic oxidation sites excluding steroid dienone is 2. The van der Waals surface area contributed by atoms with Crippen LogP contribution in [0.15, 0.2) is 66.3 Å². The number of cyclic esters (lactones) is 1. The van der Waals surface area contributed by atoms with Crippen LogP contribution in [0.4, 0.5) is 14.9 Å². The van der Waals surface area contributed by atoms with E-state index in [9.17, 15) is 19.1 Å². The number of nitrogens with one attached hydrogen (secondary N) is 1. The number of benzene rings is 2. The van der Waals surface area contributed by atoms with Crippen molar-refractivity contribution in [2.24, 2.45) is 5.41 Å². The molecule has 1 saturated heterocycles. The van der Waals surface area contributed by atoms with Crippen molar-refractivity contribution >= 4 is 23.3 Å². The molecule has 2 aromatic carbocycles. The molecule has 0 saturated carbocycles. The molecule has 0 spiro atoms. The van der Waals surface area contributed by atoms with Crippen LogP contribution in [-0.4, -0.2) is 35.5 Å². The van der Waals surface area contributed by atoms with Crippen LogP contribution in [0.5, 0.6) is 0 Å². The lowest BCUT2D eigenvalue weighted by Gasteiger charge is -2.38. The Kier molecular flexibility index (Phi) is 7.59. The first-order valence-electron chi connectivity index (χ1n) is 12.2. The first kappa shape index (κ1) is 25.6. The van der Waals surface area contributed by atoms with Gasteiger partial charge in [-0.25, -0.2) is 9.18 Å². The summed E-state index contributed by atoms with van der Waals surface area (Å²) in [6.07, 6.45) is 2.93.